The Morgan fingerprint density at radius 1 is 0.957 bits per heavy atom. The van der Waals surface area contributed by atoms with Crippen molar-refractivity contribution in [2.24, 2.45) is 0 Å². The molecule has 7 heteroatoms. The average molecular weight is 373 g/mol. The van der Waals surface area contributed by atoms with E-state index in [-0.39, 0.29) is 22.8 Å². The number of rotatable bonds is 4. The molecule has 0 unspecified atom stereocenters. The van der Waals surface area contributed by atoms with Crippen molar-refractivity contribution in [1.82, 2.24) is 0 Å². The summed E-state index contributed by atoms with van der Waals surface area (Å²) in [6.07, 6.45) is 0. The second kappa shape index (κ2) is 9.36. The van der Waals surface area contributed by atoms with Gasteiger partial charge in [0.25, 0.3) is 0 Å². The van der Waals surface area contributed by atoms with E-state index >= 15 is 0 Å². The van der Waals surface area contributed by atoms with Gasteiger partial charge in [0, 0.05) is 22.8 Å². The maximum atomic E-state index is 10.8. The molecule has 0 aliphatic rings. The minimum absolute atomic E-state index is 0. The third-order valence-corrected chi connectivity index (χ3v) is 3.04. The number of hydrogen-bond donors (Lipinski definition) is 3. The SMILES string of the molecule is O=P(O)(O)Oc1ccccc1N[c-]1cccc1.[Fe].[cH-]1[cH-][cH-][cH-][cH-]1. The van der Waals surface area contributed by atoms with Crippen molar-refractivity contribution in [3.63, 3.8) is 0 Å². The molecule has 0 fully saturated rings. The van der Waals surface area contributed by atoms with E-state index in [9.17, 15) is 4.57 Å². The van der Waals surface area contributed by atoms with Gasteiger partial charge in [-0.05, 0) is 6.07 Å². The summed E-state index contributed by atoms with van der Waals surface area (Å²) >= 11 is 0. The van der Waals surface area contributed by atoms with E-state index < -0.39 is 7.82 Å². The zero-order valence-electron chi connectivity index (χ0n) is 12.0. The Labute approximate surface area is 145 Å². The Bertz CT molecular complexity index is 690. The van der Waals surface area contributed by atoms with Crippen LogP contribution >= 0.6 is 7.82 Å². The zero-order chi connectivity index (χ0) is 15.8. The smallest absolute Gasteiger partial charge is 0.524 e. The van der Waals surface area contributed by atoms with Gasteiger partial charge in [0.15, 0.2) is 0 Å². The van der Waals surface area contributed by atoms with Crippen LogP contribution in [0.1, 0.15) is 0 Å². The molecule has 3 N–H and O–H groups in total. The summed E-state index contributed by atoms with van der Waals surface area (Å²) in [7, 11) is -4.54. The summed E-state index contributed by atoms with van der Waals surface area (Å²) in [5.41, 5.74) is 1.33. The van der Waals surface area contributed by atoms with Gasteiger partial charge >= 0.3 is 7.82 Å². The van der Waals surface area contributed by atoms with Crippen LogP contribution < -0.4 is 9.84 Å². The molecule has 128 valence electrons. The van der Waals surface area contributed by atoms with Crippen LogP contribution in [0.3, 0.4) is 0 Å². The number of para-hydroxylation sites is 2. The molecule has 3 aromatic rings. The Morgan fingerprint density at radius 3 is 2.00 bits per heavy atom. The van der Waals surface area contributed by atoms with Crippen LogP contribution in [0.4, 0.5) is 11.4 Å². The molecule has 0 saturated heterocycles. The average Bonchev–Trinajstić information content (AvgIpc) is 3.14. The van der Waals surface area contributed by atoms with Crippen molar-refractivity contribution in [1.29, 1.82) is 0 Å². The largest absolute Gasteiger partial charge is 0.748 e. The zero-order valence-corrected chi connectivity index (χ0v) is 14.0. The van der Waals surface area contributed by atoms with Crippen LogP contribution in [0.15, 0.2) is 78.9 Å². The molecule has 0 bridgehead atoms. The first-order chi connectivity index (χ1) is 10.5. The molecular formula is C16H16FeNO4P-6. The van der Waals surface area contributed by atoms with Gasteiger partial charge in [-0.25, -0.2) is 4.57 Å². The normalized spacial score (nSPS) is 10.0. The molecule has 5 nitrogen and oxygen atoms in total. The van der Waals surface area contributed by atoms with Crippen molar-refractivity contribution in [3.8, 4) is 5.75 Å². The van der Waals surface area contributed by atoms with Gasteiger partial charge in [-0.3, -0.25) is 9.79 Å². The standard InChI is InChI=1S/C11H11NO4P.C5H5.Fe/c13-17(14,15)16-11-8-4-3-7-10(11)12-9-5-1-2-6-9;1-2-4-5-3-1;/h1-8,12H,(H2,13,14,15);1-5H;/q-1;-5;. The van der Waals surface area contributed by atoms with Crippen LogP contribution in [0.5, 0.6) is 5.75 Å². The Hall–Kier alpha value is -1.81. The van der Waals surface area contributed by atoms with Crippen molar-refractivity contribution in [3.05, 3.63) is 78.9 Å². The van der Waals surface area contributed by atoms with E-state index in [0.29, 0.717) is 5.69 Å². The topological polar surface area (TPSA) is 78.8 Å². The van der Waals surface area contributed by atoms with Crippen LogP contribution in [-0.4, -0.2) is 9.79 Å². The van der Waals surface area contributed by atoms with Gasteiger partial charge in [-0.2, -0.15) is 12.1 Å². The number of phosphoric ester groups is 1. The van der Waals surface area contributed by atoms with E-state index in [1.807, 2.05) is 54.6 Å². The van der Waals surface area contributed by atoms with Gasteiger partial charge in [0.05, 0.1) is 0 Å². The second-order valence-electron chi connectivity index (χ2n) is 4.34. The van der Waals surface area contributed by atoms with Crippen molar-refractivity contribution in [2.45, 2.75) is 0 Å². The second-order valence-corrected chi connectivity index (χ2v) is 5.50. The third-order valence-electron chi connectivity index (χ3n) is 2.60. The van der Waals surface area contributed by atoms with Gasteiger partial charge in [0.2, 0.25) is 0 Å². The molecule has 3 rings (SSSR count). The van der Waals surface area contributed by atoms with Crippen molar-refractivity contribution < 1.29 is 35.9 Å². The van der Waals surface area contributed by atoms with E-state index in [2.05, 4.69) is 9.84 Å². The minimum Gasteiger partial charge on any atom is -0.748 e. The fraction of sp³-hybridized carbons (Fsp3) is 0. The maximum Gasteiger partial charge on any atom is 0.524 e. The van der Waals surface area contributed by atoms with Gasteiger partial charge in [-0.15, -0.1) is 12.1 Å². The fourth-order valence-corrected chi connectivity index (χ4v) is 2.13. The predicted octanol–water partition coefficient (Wildman–Crippen LogP) is 4.02. The maximum absolute atomic E-state index is 10.8. The number of benzene rings is 1. The number of anilines is 2. The fourth-order valence-electron chi connectivity index (χ4n) is 1.71. The predicted molar refractivity (Wildman–Crippen MR) is 86.5 cm³/mol. The van der Waals surface area contributed by atoms with Crippen LogP contribution in [0.2, 0.25) is 0 Å². The number of hydrogen-bond acceptors (Lipinski definition) is 3. The molecule has 0 saturated carbocycles. The summed E-state index contributed by atoms with van der Waals surface area (Å²) < 4.78 is 15.4. The Balaban J connectivity index is 0.000000377. The first-order valence-corrected chi connectivity index (χ1v) is 8.07. The molecule has 0 atom stereocenters. The molecule has 0 aliphatic heterocycles. The van der Waals surface area contributed by atoms with E-state index in [1.54, 1.807) is 18.2 Å². The number of phosphoric acid groups is 1. The van der Waals surface area contributed by atoms with Gasteiger partial charge < -0.3 is 40.2 Å². The molecule has 23 heavy (non-hydrogen) atoms. The molecule has 0 radical (unpaired) electrons. The van der Waals surface area contributed by atoms with Crippen molar-refractivity contribution in [2.75, 3.05) is 5.32 Å². The molecule has 3 aromatic carbocycles. The molecule has 0 aromatic heterocycles. The van der Waals surface area contributed by atoms with E-state index in [0.717, 1.165) is 5.69 Å². The van der Waals surface area contributed by atoms with Crippen LogP contribution in [0, 0.1) is 0 Å². The minimum atomic E-state index is -4.54. The monoisotopic (exact) mass is 373 g/mol. The summed E-state index contributed by atoms with van der Waals surface area (Å²) in [4.78, 5) is 17.6. The first kappa shape index (κ1) is 19.2. The Kier molecular flexibility index (Phi) is 7.82. The van der Waals surface area contributed by atoms with E-state index in [1.165, 1.54) is 6.07 Å². The number of nitrogens with one attached hydrogen (secondary N) is 1. The molecule has 0 spiro atoms. The van der Waals surface area contributed by atoms with E-state index in [4.69, 9.17) is 9.79 Å². The first-order valence-electron chi connectivity index (χ1n) is 6.54. The summed E-state index contributed by atoms with van der Waals surface area (Å²) in [5.74, 6) is 0.113. The molecular weight excluding hydrogens is 357 g/mol. The third kappa shape index (κ3) is 7.33. The molecule has 0 aliphatic carbocycles. The van der Waals surface area contributed by atoms with Gasteiger partial charge in [0.1, 0.15) is 5.75 Å². The Morgan fingerprint density at radius 2 is 1.48 bits per heavy atom. The van der Waals surface area contributed by atoms with Crippen LogP contribution in [-0.2, 0) is 21.6 Å². The summed E-state index contributed by atoms with van der Waals surface area (Å²) in [5, 5.41) is 3.01. The van der Waals surface area contributed by atoms with Crippen molar-refractivity contribution >= 4 is 19.2 Å². The van der Waals surface area contributed by atoms with Crippen LogP contribution in [0.25, 0.3) is 0 Å². The summed E-state index contributed by atoms with van der Waals surface area (Å²) in [6, 6.07) is 24.0. The quantitative estimate of drug-likeness (QED) is 0.366. The molecule has 0 amide bonds. The van der Waals surface area contributed by atoms with Gasteiger partial charge in [-0.1, -0.05) is 23.9 Å². The molecule has 0 heterocycles. The summed E-state index contributed by atoms with van der Waals surface area (Å²) in [6.45, 7) is 0.